The van der Waals surface area contributed by atoms with Gasteiger partial charge in [-0.2, -0.15) is 0 Å². The first-order chi connectivity index (χ1) is 17.6. The maximum Gasteiger partial charge on any atom is 0.264 e. The lowest BCUT2D eigenvalue weighted by atomic mass is 10.1. The van der Waals surface area contributed by atoms with E-state index in [0.717, 1.165) is 9.87 Å². The van der Waals surface area contributed by atoms with Crippen LogP contribution in [0.1, 0.15) is 24.5 Å². The van der Waals surface area contributed by atoms with Crippen LogP contribution in [0.3, 0.4) is 0 Å². The van der Waals surface area contributed by atoms with Crippen molar-refractivity contribution in [3.05, 3.63) is 94.2 Å². The molecular weight excluding hydrogens is 561 g/mol. The number of halogens is 2. The molecule has 0 unspecified atom stereocenters. The van der Waals surface area contributed by atoms with Crippen LogP contribution in [0, 0.1) is 12.7 Å². The van der Waals surface area contributed by atoms with Crippen molar-refractivity contribution in [1.29, 1.82) is 0 Å². The summed E-state index contributed by atoms with van der Waals surface area (Å²) in [5.41, 5.74) is 1.79. The summed E-state index contributed by atoms with van der Waals surface area (Å²) in [5, 5.41) is 2.57. The first-order valence-corrected chi connectivity index (χ1v) is 13.9. The van der Waals surface area contributed by atoms with Gasteiger partial charge in [-0.25, -0.2) is 12.8 Å². The maximum atomic E-state index is 13.8. The molecule has 0 heterocycles. The van der Waals surface area contributed by atoms with Crippen LogP contribution in [-0.4, -0.2) is 44.8 Å². The predicted octanol–water partition coefficient (Wildman–Crippen LogP) is 4.65. The Morgan fingerprint density at radius 3 is 2.24 bits per heavy atom. The number of sulfonamides is 1. The van der Waals surface area contributed by atoms with Crippen LogP contribution in [-0.2, 0) is 26.2 Å². The highest BCUT2D eigenvalue weighted by Gasteiger charge is 2.33. The lowest BCUT2D eigenvalue weighted by Gasteiger charge is -2.33. The minimum atomic E-state index is -4.14. The van der Waals surface area contributed by atoms with Gasteiger partial charge in [-0.15, -0.1) is 0 Å². The third-order valence-corrected chi connectivity index (χ3v) is 8.16. The summed E-state index contributed by atoms with van der Waals surface area (Å²) in [6.07, 6.45) is 0.300. The molecule has 0 aliphatic carbocycles. The molecule has 0 radical (unpaired) electrons. The van der Waals surface area contributed by atoms with E-state index in [4.69, 9.17) is 0 Å². The fourth-order valence-electron chi connectivity index (χ4n) is 3.87. The Hall–Kier alpha value is -3.24. The highest BCUT2D eigenvalue weighted by molar-refractivity contribution is 9.10. The Labute approximate surface area is 225 Å². The molecule has 10 heteroatoms. The third kappa shape index (κ3) is 6.95. The number of amides is 2. The van der Waals surface area contributed by atoms with Gasteiger partial charge < -0.3 is 10.2 Å². The standard InChI is InChI=1S/C27H29BrFN3O4S/c1-4-25(27(34)30-3)31(17-20-10-12-22(29)13-11-20)26(33)18-32(23-7-5-6-21(28)16-23)37(35,36)24-14-8-19(2)9-15-24/h5-16,25H,4,17-18H2,1-3H3,(H,30,34)/t25-/m1/s1. The number of hydrogen-bond acceptors (Lipinski definition) is 4. The van der Waals surface area contributed by atoms with Gasteiger partial charge in [0.25, 0.3) is 10.0 Å². The number of carbonyl (C=O) groups is 2. The van der Waals surface area contributed by atoms with Crippen LogP contribution < -0.4 is 9.62 Å². The van der Waals surface area contributed by atoms with E-state index in [9.17, 15) is 22.4 Å². The van der Waals surface area contributed by atoms with Gasteiger partial charge in [0.15, 0.2) is 0 Å². The second-order valence-corrected chi connectivity index (χ2v) is 11.3. The van der Waals surface area contributed by atoms with Crippen LogP contribution in [0.2, 0.25) is 0 Å². The van der Waals surface area contributed by atoms with Crippen molar-refractivity contribution in [2.24, 2.45) is 0 Å². The topological polar surface area (TPSA) is 86.8 Å². The zero-order valence-electron chi connectivity index (χ0n) is 20.8. The van der Waals surface area contributed by atoms with E-state index in [0.29, 0.717) is 16.5 Å². The molecular formula is C27H29BrFN3O4S. The lowest BCUT2D eigenvalue weighted by Crippen LogP contribution is -2.51. The third-order valence-electron chi connectivity index (χ3n) is 5.88. The van der Waals surface area contributed by atoms with E-state index in [2.05, 4.69) is 21.2 Å². The number of nitrogens with zero attached hydrogens (tertiary/aromatic N) is 2. The lowest BCUT2D eigenvalue weighted by molar-refractivity contribution is -0.140. The molecule has 0 spiro atoms. The van der Waals surface area contributed by atoms with Crippen molar-refractivity contribution in [3.8, 4) is 0 Å². The van der Waals surface area contributed by atoms with Crippen LogP contribution >= 0.6 is 15.9 Å². The molecule has 7 nitrogen and oxygen atoms in total. The smallest absolute Gasteiger partial charge is 0.264 e. The number of aryl methyl sites for hydroxylation is 1. The van der Waals surface area contributed by atoms with E-state index in [1.165, 1.54) is 48.3 Å². The zero-order valence-corrected chi connectivity index (χ0v) is 23.2. The summed E-state index contributed by atoms with van der Waals surface area (Å²) >= 11 is 3.37. The first kappa shape index (κ1) is 28.3. The number of anilines is 1. The molecule has 2 amide bonds. The van der Waals surface area contributed by atoms with Gasteiger partial charge in [0.05, 0.1) is 10.6 Å². The minimum Gasteiger partial charge on any atom is -0.357 e. The quantitative estimate of drug-likeness (QED) is 0.373. The molecule has 3 aromatic rings. The zero-order chi connectivity index (χ0) is 27.2. The fourth-order valence-corrected chi connectivity index (χ4v) is 5.66. The molecule has 196 valence electrons. The van der Waals surface area contributed by atoms with Crippen LogP contribution in [0.4, 0.5) is 10.1 Å². The van der Waals surface area contributed by atoms with E-state index >= 15 is 0 Å². The van der Waals surface area contributed by atoms with Gasteiger partial charge in [0, 0.05) is 18.1 Å². The molecule has 0 aromatic heterocycles. The average molecular weight is 591 g/mol. The van der Waals surface area contributed by atoms with E-state index in [1.54, 1.807) is 43.3 Å². The molecule has 37 heavy (non-hydrogen) atoms. The van der Waals surface area contributed by atoms with E-state index < -0.39 is 34.3 Å². The first-order valence-electron chi connectivity index (χ1n) is 11.7. The molecule has 0 aliphatic heterocycles. The Kier molecular flexibility index (Phi) is 9.45. The van der Waals surface area contributed by atoms with Crippen LogP contribution in [0.15, 0.2) is 82.2 Å². The minimum absolute atomic E-state index is 0.00193. The normalized spacial score (nSPS) is 12.0. The van der Waals surface area contributed by atoms with Gasteiger partial charge in [-0.05, 0) is 61.4 Å². The molecule has 0 saturated carbocycles. The summed E-state index contributed by atoms with van der Waals surface area (Å²) in [6.45, 7) is 3.08. The largest absolute Gasteiger partial charge is 0.357 e. The Bertz CT molecular complexity index is 1350. The number of likely N-dealkylation sites (N-methyl/N-ethyl adjacent to an activating group) is 1. The number of hydrogen-bond donors (Lipinski definition) is 1. The van der Waals surface area contributed by atoms with Crippen LogP contribution in [0.25, 0.3) is 0 Å². The Morgan fingerprint density at radius 1 is 1.03 bits per heavy atom. The summed E-state index contributed by atoms with van der Waals surface area (Å²) in [6, 6.07) is 17.8. The van der Waals surface area contributed by atoms with Gasteiger partial charge in [-0.1, -0.05) is 58.7 Å². The molecule has 0 bridgehead atoms. The van der Waals surface area contributed by atoms with Gasteiger partial charge in [-0.3, -0.25) is 13.9 Å². The van der Waals surface area contributed by atoms with Gasteiger partial charge >= 0.3 is 0 Å². The molecule has 1 N–H and O–H groups in total. The average Bonchev–Trinajstić information content (AvgIpc) is 2.88. The number of nitrogens with one attached hydrogen (secondary N) is 1. The number of carbonyl (C=O) groups excluding carboxylic acids is 2. The Morgan fingerprint density at radius 2 is 1.68 bits per heavy atom. The molecule has 0 saturated heterocycles. The van der Waals surface area contributed by atoms with E-state index in [1.807, 2.05) is 6.92 Å². The van der Waals surface area contributed by atoms with Crippen molar-refractivity contribution < 1.29 is 22.4 Å². The summed E-state index contributed by atoms with van der Waals surface area (Å²) < 4.78 is 42.7. The number of benzene rings is 3. The monoisotopic (exact) mass is 589 g/mol. The van der Waals surface area contributed by atoms with Crippen molar-refractivity contribution in [3.63, 3.8) is 0 Å². The fraction of sp³-hybridized carbons (Fsp3) is 0.259. The molecule has 1 atom stereocenters. The SMILES string of the molecule is CC[C@H](C(=O)NC)N(Cc1ccc(F)cc1)C(=O)CN(c1cccc(Br)c1)S(=O)(=O)c1ccc(C)cc1. The van der Waals surface area contributed by atoms with Crippen molar-refractivity contribution >= 4 is 43.5 Å². The van der Waals surface area contributed by atoms with E-state index in [-0.39, 0.29) is 23.0 Å². The second kappa shape index (κ2) is 12.3. The van der Waals surface area contributed by atoms with Crippen molar-refractivity contribution in [2.75, 3.05) is 17.9 Å². The summed E-state index contributed by atoms with van der Waals surface area (Å²) in [5.74, 6) is -1.38. The molecule has 0 fully saturated rings. The summed E-state index contributed by atoms with van der Waals surface area (Å²) in [7, 11) is -2.66. The highest BCUT2D eigenvalue weighted by Crippen LogP contribution is 2.27. The van der Waals surface area contributed by atoms with Gasteiger partial charge in [0.1, 0.15) is 18.4 Å². The Balaban J connectivity index is 2.05. The summed E-state index contributed by atoms with van der Waals surface area (Å²) in [4.78, 5) is 27.8. The van der Waals surface area contributed by atoms with Crippen molar-refractivity contribution in [2.45, 2.75) is 37.8 Å². The maximum absolute atomic E-state index is 13.8. The highest BCUT2D eigenvalue weighted by atomic mass is 79.9. The molecule has 3 rings (SSSR count). The van der Waals surface area contributed by atoms with Crippen LogP contribution in [0.5, 0.6) is 0 Å². The molecule has 0 aliphatic rings. The molecule has 3 aromatic carbocycles. The van der Waals surface area contributed by atoms with Crippen molar-refractivity contribution in [1.82, 2.24) is 10.2 Å². The number of rotatable bonds is 10. The van der Waals surface area contributed by atoms with Gasteiger partial charge in [0.2, 0.25) is 11.8 Å². The second-order valence-electron chi connectivity index (χ2n) is 8.49. The predicted molar refractivity (Wildman–Crippen MR) is 145 cm³/mol.